The van der Waals surface area contributed by atoms with E-state index in [0.717, 1.165) is 0 Å². The van der Waals surface area contributed by atoms with E-state index in [9.17, 15) is 5.11 Å². The van der Waals surface area contributed by atoms with Gasteiger partial charge in [-0.3, -0.25) is 0 Å². The van der Waals surface area contributed by atoms with Crippen LogP contribution < -0.4 is 37.2 Å². The van der Waals surface area contributed by atoms with E-state index in [1.165, 1.54) is 11.1 Å². The van der Waals surface area contributed by atoms with Crippen molar-refractivity contribution < 1.29 is 68.5 Å². The maximum absolute atomic E-state index is 10.7. The minimum atomic E-state index is -0.412. The second-order valence-corrected chi connectivity index (χ2v) is 5.39. The molecular formula is C15H20Cl3OZr. The van der Waals surface area contributed by atoms with E-state index in [1.807, 2.05) is 12.2 Å². The molecule has 2 atom stereocenters. The molecule has 0 saturated heterocycles. The topological polar surface area (TPSA) is 20.2 Å². The molecule has 2 aliphatic carbocycles. The second kappa shape index (κ2) is 8.96. The summed E-state index contributed by atoms with van der Waals surface area (Å²) in [7, 11) is 0. The molecule has 0 aliphatic heterocycles. The number of rotatable bonds is 2. The summed E-state index contributed by atoms with van der Waals surface area (Å²) < 4.78 is 0. The van der Waals surface area contributed by atoms with Gasteiger partial charge in [0, 0.05) is 10.8 Å². The summed E-state index contributed by atoms with van der Waals surface area (Å²) in [6.45, 7) is 8.39. The van der Waals surface area contributed by atoms with Gasteiger partial charge in [0.25, 0.3) is 0 Å². The van der Waals surface area contributed by atoms with Crippen molar-refractivity contribution in [3.63, 3.8) is 0 Å². The Balaban J connectivity index is -0.000000722. The van der Waals surface area contributed by atoms with Gasteiger partial charge in [-0.05, 0) is 27.7 Å². The first-order valence-electron chi connectivity index (χ1n) is 5.82. The summed E-state index contributed by atoms with van der Waals surface area (Å²) >= 11 is 0. The van der Waals surface area contributed by atoms with Crippen molar-refractivity contribution in [1.29, 1.82) is 0 Å². The fourth-order valence-electron chi connectivity index (χ4n) is 2.64. The Morgan fingerprint density at radius 1 is 0.850 bits per heavy atom. The Bertz CT molecular complexity index is 402. The minimum Gasteiger partial charge on any atom is -1.00 e. The van der Waals surface area contributed by atoms with Gasteiger partial charge >= 0.3 is 26.2 Å². The molecule has 2 aliphatic rings. The summed E-state index contributed by atoms with van der Waals surface area (Å²) in [5.41, 5.74) is 1.99. The number of aliphatic hydroxyl groups excluding tert-OH is 1. The van der Waals surface area contributed by atoms with Crippen molar-refractivity contribution in [2.75, 3.05) is 0 Å². The predicted octanol–water partition coefficient (Wildman–Crippen LogP) is -5.60. The molecule has 0 aromatic carbocycles. The van der Waals surface area contributed by atoms with E-state index < -0.39 is 6.10 Å². The number of hydrogen-bond acceptors (Lipinski definition) is 1. The van der Waals surface area contributed by atoms with E-state index >= 15 is 0 Å². The first-order chi connectivity index (χ1) is 7.41. The zero-order chi connectivity index (χ0) is 12.0. The molecule has 1 nitrogen and oxygen atoms in total. The number of allylic oxidation sites excluding steroid dienone is 4. The first-order valence-corrected chi connectivity index (χ1v) is 5.82. The maximum Gasteiger partial charge on any atom is 3.00 e. The minimum absolute atomic E-state index is 0. The smallest absolute Gasteiger partial charge is 1.00 e. The second-order valence-electron chi connectivity index (χ2n) is 5.39. The van der Waals surface area contributed by atoms with Crippen LogP contribution in [0.25, 0.3) is 0 Å². The van der Waals surface area contributed by atoms with Crippen molar-refractivity contribution >= 4 is 0 Å². The van der Waals surface area contributed by atoms with Gasteiger partial charge in [0.05, 0.1) is 6.10 Å². The molecule has 0 bridgehead atoms. The third kappa shape index (κ3) is 3.90. The van der Waals surface area contributed by atoms with E-state index in [2.05, 4.69) is 52.0 Å². The van der Waals surface area contributed by atoms with E-state index in [0.29, 0.717) is 0 Å². The third-order valence-corrected chi connectivity index (χ3v) is 4.41. The van der Waals surface area contributed by atoms with Crippen LogP contribution in [-0.2, 0) is 26.2 Å². The molecule has 2 unspecified atom stereocenters. The van der Waals surface area contributed by atoms with Gasteiger partial charge in [0.2, 0.25) is 0 Å². The standard InChI is InChI=1S/C15H20O.3ClH.Zr/c1-11-7-5-9-14(11,3)13(16)15(4)10-6-8-12(15)2;;;;/h5-10,13,16H,1-4H3;3*1H;/q;;;;+3/p-3. The zero-order valence-electron chi connectivity index (χ0n) is 12.1. The summed E-state index contributed by atoms with van der Waals surface area (Å²) in [4.78, 5) is 0. The summed E-state index contributed by atoms with van der Waals surface area (Å²) in [6.07, 6.45) is 12.1. The van der Waals surface area contributed by atoms with Crippen molar-refractivity contribution in [2.24, 2.45) is 10.8 Å². The van der Waals surface area contributed by atoms with Crippen LogP contribution in [-0.4, -0.2) is 11.2 Å². The van der Waals surface area contributed by atoms with Crippen LogP contribution >= 0.6 is 0 Å². The molecule has 0 amide bonds. The molecule has 111 valence electrons. The SMILES string of the molecule is CC1=CC=CC1(C)C(O)C1(C)C=CC=C1C.[Cl-].[Cl-].[Cl-].[Zr+3]. The normalized spacial score (nSPS) is 31.1. The van der Waals surface area contributed by atoms with Gasteiger partial charge in [-0.2, -0.15) is 0 Å². The van der Waals surface area contributed by atoms with E-state index in [-0.39, 0.29) is 74.3 Å². The van der Waals surface area contributed by atoms with Crippen LogP contribution in [0.1, 0.15) is 27.7 Å². The Morgan fingerprint density at radius 3 is 1.35 bits per heavy atom. The number of aliphatic hydroxyl groups is 1. The molecule has 20 heavy (non-hydrogen) atoms. The molecule has 0 heterocycles. The fraction of sp³-hybridized carbons (Fsp3) is 0.467. The van der Waals surface area contributed by atoms with Crippen molar-refractivity contribution in [2.45, 2.75) is 33.8 Å². The zero-order valence-corrected chi connectivity index (χ0v) is 16.8. The van der Waals surface area contributed by atoms with Gasteiger partial charge in [-0.1, -0.05) is 47.6 Å². The summed E-state index contributed by atoms with van der Waals surface area (Å²) in [5, 5.41) is 10.7. The van der Waals surface area contributed by atoms with Gasteiger partial charge in [-0.25, -0.2) is 0 Å². The van der Waals surface area contributed by atoms with Crippen LogP contribution in [0, 0.1) is 10.8 Å². The van der Waals surface area contributed by atoms with Crippen LogP contribution in [0.4, 0.5) is 0 Å². The average molecular weight is 414 g/mol. The predicted molar refractivity (Wildman–Crippen MR) is 68.0 cm³/mol. The Labute approximate surface area is 160 Å². The average Bonchev–Trinajstić information content (AvgIpc) is 2.74. The molecule has 5 heteroatoms. The monoisotopic (exact) mass is 411 g/mol. The Morgan fingerprint density at radius 2 is 1.15 bits per heavy atom. The largest absolute Gasteiger partial charge is 3.00 e. The molecule has 0 aromatic rings. The Kier molecular flexibility index (Phi) is 11.5. The van der Waals surface area contributed by atoms with Gasteiger partial charge in [0.1, 0.15) is 0 Å². The van der Waals surface area contributed by atoms with Crippen LogP contribution in [0.15, 0.2) is 47.6 Å². The quantitative estimate of drug-likeness (QED) is 0.479. The van der Waals surface area contributed by atoms with Crippen LogP contribution in [0.5, 0.6) is 0 Å². The van der Waals surface area contributed by atoms with Crippen molar-refractivity contribution in [1.82, 2.24) is 0 Å². The molecule has 1 N–H and O–H groups in total. The van der Waals surface area contributed by atoms with E-state index in [4.69, 9.17) is 0 Å². The van der Waals surface area contributed by atoms with Gasteiger partial charge in [-0.15, -0.1) is 0 Å². The fourth-order valence-corrected chi connectivity index (χ4v) is 2.64. The van der Waals surface area contributed by atoms with Crippen molar-refractivity contribution in [3.8, 4) is 0 Å². The molecule has 1 radical (unpaired) electrons. The molecule has 0 aromatic heterocycles. The first kappa shape index (κ1) is 25.6. The number of hydrogen-bond donors (Lipinski definition) is 1. The van der Waals surface area contributed by atoms with E-state index in [1.54, 1.807) is 0 Å². The molecule has 0 spiro atoms. The van der Waals surface area contributed by atoms with Gasteiger partial charge < -0.3 is 42.3 Å². The van der Waals surface area contributed by atoms with Crippen LogP contribution in [0.3, 0.4) is 0 Å². The maximum atomic E-state index is 10.7. The molecule has 2 rings (SSSR count). The van der Waals surface area contributed by atoms with Crippen LogP contribution in [0.2, 0.25) is 0 Å². The Hall–Kier alpha value is 0.673. The molecule has 0 saturated carbocycles. The summed E-state index contributed by atoms with van der Waals surface area (Å²) in [5.74, 6) is 0. The number of halogens is 3. The van der Waals surface area contributed by atoms with Gasteiger partial charge in [0.15, 0.2) is 0 Å². The molecule has 0 fully saturated rings. The van der Waals surface area contributed by atoms with Crippen molar-refractivity contribution in [3.05, 3.63) is 47.6 Å². The molecular weight excluding hydrogens is 394 g/mol. The summed E-state index contributed by atoms with van der Waals surface area (Å²) in [6, 6.07) is 0. The third-order valence-electron chi connectivity index (χ3n) is 4.41.